The largest absolute Gasteiger partial charge is 0.396 e. The highest BCUT2D eigenvalue weighted by atomic mass is 16.3. The van der Waals surface area contributed by atoms with Crippen molar-refractivity contribution in [3.63, 3.8) is 0 Å². The number of nitrogens with one attached hydrogen (secondary N) is 2. The third-order valence-corrected chi connectivity index (χ3v) is 4.95. The Morgan fingerprint density at radius 1 is 1.33 bits per heavy atom. The molecule has 1 aliphatic heterocycles. The van der Waals surface area contributed by atoms with Crippen molar-refractivity contribution in [3.8, 4) is 0 Å². The number of aliphatic hydroxyl groups excluding tert-OH is 1. The van der Waals surface area contributed by atoms with E-state index in [1.807, 2.05) is 42.2 Å². The summed E-state index contributed by atoms with van der Waals surface area (Å²) >= 11 is 0. The van der Waals surface area contributed by atoms with E-state index in [1.54, 1.807) is 0 Å². The number of amides is 1. The number of carbonyl (C=O) groups is 1. The monoisotopic (exact) mass is 374 g/mol. The molecule has 2 rings (SSSR count). The minimum atomic E-state index is -0.0295. The Kier molecular flexibility index (Phi) is 9.11. The van der Waals surface area contributed by atoms with Crippen LogP contribution in [-0.2, 0) is 4.79 Å². The Balaban J connectivity index is 1.83. The van der Waals surface area contributed by atoms with Crippen molar-refractivity contribution < 1.29 is 9.90 Å². The first-order valence-corrected chi connectivity index (χ1v) is 10.1. The smallest absolute Gasteiger partial charge is 0.224 e. The van der Waals surface area contributed by atoms with Gasteiger partial charge in [0.2, 0.25) is 5.91 Å². The minimum Gasteiger partial charge on any atom is -0.396 e. The first-order valence-electron chi connectivity index (χ1n) is 10.1. The van der Waals surface area contributed by atoms with Crippen LogP contribution in [-0.4, -0.2) is 61.2 Å². The second-order valence-corrected chi connectivity index (χ2v) is 7.27. The van der Waals surface area contributed by atoms with Gasteiger partial charge < -0.3 is 20.6 Å². The highest BCUT2D eigenvalue weighted by Crippen LogP contribution is 2.16. The van der Waals surface area contributed by atoms with E-state index in [9.17, 15) is 9.90 Å². The van der Waals surface area contributed by atoms with E-state index >= 15 is 0 Å². The minimum absolute atomic E-state index is 0.0295. The molecule has 1 fully saturated rings. The summed E-state index contributed by atoms with van der Waals surface area (Å²) in [6, 6.07) is 9.92. The van der Waals surface area contributed by atoms with E-state index in [0.29, 0.717) is 31.4 Å². The van der Waals surface area contributed by atoms with Crippen LogP contribution in [0.1, 0.15) is 44.6 Å². The van der Waals surface area contributed by atoms with Crippen LogP contribution in [0, 0.1) is 5.92 Å². The molecule has 3 N–H and O–H groups in total. The molecule has 1 heterocycles. The quantitative estimate of drug-likeness (QED) is 0.480. The highest BCUT2D eigenvalue weighted by Gasteiger charge is 2.20. The predicted octanol–water partition coefficient (Wildman–Crippen LogP) is 1.97. The Labute approximate surface area is 163 Å². The zero-order chi connectivity index (χ0) is 19.5. The van der Waals surface area contributed by atoms with Crippen molar-refractivity contribution in [2.24, 2.45) is 10.9 Å². The molecule has 0 saturated carbocycles. The summed E-state index contributed by atoms with van der Waals surface area (Å²) in [6.45, 7) is 7.83. The van der Waals surface area contributed by atoms with Crippen LogP contribution < -0.4 is 10.6 Å². The molecule has 6 nitrogen and oxygen atoms in total. The molecule has 0 spiro atoms. The Morgan fingerprint density at radius 2 is 2.11 bits per heavy atom. The fourth-order valence-corrected chi connectivity index (χ4v) is 3.40. The Hall–Kier alpha value is -2.08. The summed E-state index contributed by atoms with van der Waals surface area (Å²) < 4.78 is 0. The molecule has 1 aromatic carbocycles. The maximum absolute atomic E-state index is 12.4. The second kappa shape index (κ2) is 11.6. The number of rotatable bonds is 8. The zero-order valence-corrected chi connectivity index (χ0v) is 16.7. The molecule has 1 aromatic rings. The number of carbonyl (C=O) groups excluding carboxylic acids is 1. The maximum Gasteiger partial charge on any atom is 0.224 e. The summed E-state index contributed by atoms with van der Waals surface area (Å²) in [4.78, 5) is 18.9. The molecule has 0 aliphatic carbocycles. The van der Waals surface area contributed by atoms with Gasteiger partial charge in [-0.25, -0.2) is 0 Å². The highest BCUT2D eigenvalue weighted by molar-refractivity contribution is 5.81. The van der Waals surface area contributed by atoms with E-state index < -0.39 is 0 Å². The zero-order valence-electron chi connectivity index (χ0n) is 16.7. The number of aliphatic hydroxyl groups is 1. The van der Waals surface area contributed by atoms with Crippen LogP contribution in [0.25, 0.3) is 0 Å². The number of guanidine groups is 1. The van der Waals surface area contributed by atoms with Crippen molar-refractivity contribution in [1.29, 1.82) is 0 Å². The van der Waals surface area contributed by atoms with Gasteiger partial charge in [-0.3, -0.25) is 9.79 Å². The molecule has 0 bridgehead atoms. The van der Waals surface area contributed by atoms with Gasteiger partial charge in [0.1, 0.15) is 0 Å². The van der Waals surface area contributed by atoms with Crippen molar-refractivity contribution in [2.75, 3.05) is 39.3 Å². The summed E-state index contributed by atoms with van der Waals surface area (Å²) in [6.07, 6.45) is 2.79. The van der Waals surface area contributed by atoms with Gasteiger partial charge in [0.25, 0.3) is 0 Å². The molecule has 1 amide bonds. The van der Waals surface area contributed by atoms with Gasteiger partial charge >= 0.3 is 0 Å². The standard InChI is InChI=1S/C21H34N4O2/c1-3-22-21(24-14-19(16-26)18-9-5-4-6-10-18)23-12-11-20(27)25-13-7-8-17(2)15-25/h4-6,9-10,17,19,26H,3,7-8,11-16H2,1-2H3,(H2,22,23,24). The number of hydrogen-bond donors (Lipinski definition) is 3. The average Bonchev–Trinajstić information content (AvgIpc) is 2.69. The molecule has 1 saturated heterocycles. The van der Waals surface area contributed by atoms with Crippen LogP contribution in [0.2, 0.25) is 0 Å². The van der Waals surface area contributed by atoms with Gasteiger partial charge in [0, 0.05) is 38.5 Å². The molecule has 6 heteroatoms. The Bertz CT molecular complexity index is 591. The third-order valence-electron chi connectivity index (χ3n) is 4.95. The maximum atomic E-state index is 12.4. The third kappa shape index (κ3) is 7.21. The fourth-order valence-electron chi connectivity index (χ4n) is 3.40. The van der Waals surface area contributed by atoms with E-state index in [1.165, 1.54) is 6.42 Å². The lowest BCUT2D eigenvalue weighted by molar-refractivity contribution is -0.132. The van der Waals surface area contributed by atoms with Gasteiger partial charge in [0.15, 0.2) is 5.96 Å². The van der Waals surface area contributed by atoms with Crippen molar-refractivity contribution in [2.45, 2.75) is 39.0 Å². The molecular weight excluding hydrogens is 340 g/mol. The van der Waals surface area contributed by atoms with E-state index in [2.05, 4.69) is 22.5 Å². The van der Waals surface area contributed by atoms with Crippen LogP contribution in [0.4, 0.5) is 0 Å². The molecule has 1 aliphatic rings. The number of benzene rings is 1. The normalized spacial score (nSPS) is 18.9. The van der Waals surface area contributed by atoms with E-state index in [-0.39, 0.29) is 18.4 Å². The van der Waals surface area contributed by atoms with E-state index in [4.69, 9.17) is 0 Å². The van der Waals surface area contributed by atoms with Gasteiger partial charge in [0.05, 0.1) is 13.2 Å². The first kappa shape index (κ1) is 21.2. The summed E-state index contributed by atoms with van der Waals surface area (Å²) in [7, 11) is 0. The van der Waals surface area contributed by atoms with Gasteiger partial charge in [-0.05, 0) is 31.2 Å². The number of piperidine rings is 1. The first-order chi connectivity index (χ1) is 13.1. The van der Waals surface area contributed by atoms with Gasteiger partial charge in [-0.1, -0.05) is 37.3 Å². The predicted molar refractivity (Wildman–Crippen MR) is 110 cm³/mol. The molecule has 0 aromatic heterocycles. The van der Waals surface area contributed by atoms with Crippen molar-refractivity contribution in [1.82, 2.24) is 15.5 Å². The SMILES string of the molecule is CCNC(=NCC(CO)c1ccccc1)NCCC(=O)N1CCCC(C)C1. The number of nitrogens with zero attached hydrogens (tertiary/aromatic N) is 2. The van der Waals surface area contributed by atoms with Gasteiger partial charge in [-0.2, -0.15) is 0 Å². The summed E-state index contributed by atoms with van der Waals surface area (Å²) in [5.74, 6) is 1.47. The summed E-state index contributed by atoms with van der Waals surface area (Å²) in [5, 5.41) is 16.1. The molecule has 0 radical (unpaired) electrons. The fraction of sp³-hybridized carbons (Fsp3) is 0.619. The molecule has 150 valence electrons. The number of likely N-dealkylation sites (tertiary alicyclic amines) is 1. The van der Waals surface area contributed by atoms with Crippen LogP contribution in [0.3, 0.4) is 0 Å². The van der Waals surface area contributed by atoms with Crippen LogP contribution in [0.5, 0.6) is 0 Å². The van der Waals surface area contributed by atoms with Crippen LogP contribution in [0.15, 0.2) is 35.3 Å². The lowest BCUT2D eigenvalue weighted by Crippen LogP contribution is -2.42. The molecule has 2 atom stereocenters. The van der Waals surface area contributed by atoms with Crippen molar-refractivity contribution in [3.05, 3.63) is 35.9 Å². The Morgan fingerprint density at radius 3 is 2.78 bits per heavy atom. The summed E-state index contributed by atoms with van der Waals surface area (Å²) in [5.41, 5.74) is 1.08. The average molecular weight is 375 g/mol. The topological polar surface area (TPSA) is 77.0 Å². The van der Waals surface area contributed by atoms with Crippen LogP contribution >= 0.6 is 0 Å². The van der Waals surface area contributed by atoms with E-state index in [0.717, 1.165) is 31.6 Å². The van der Waals surface area contributed by atoms with Gasteiger partial charge in [-0.15, -0.1) is 0 Å². The molecule has 2 unspecified atom stereocenters. The number of aliphatic imine (C=N–C) groups is 1. The molecular formula is C21H34N4O2. The molecule has 27 heavy (non-hydrogen) atoms. The lowest BCUT2D eigenvalue weighted by Gasteiger charge is -2.31. The lowest BCUT2D eigenvalue weighted by atomic mass is 10.00. The number of hydrogen-bond acceptors (Lipinski definition) is 3. The second-order valence-electron chi connectivity index (χ2n) is 7.27. The van der Waals surface area contributed by atoms with Crippen molar-refractivity contribution >= 4 is 11.9 Å².